The number of aromatic nitrogens is 5. The SMILES string of the molecule is CCc1cc(NC(=O)c2ncn[nH]2)n[nH]1. The molecule has 0 aliphatic rings. The zero-order chi connectivity index (χ0) is 10.7. The number of nitrogens with one attached hydrogen (secondary N) is 3. The van der Waals surface area contributed by atoms with Crippen LogP contribution in [0.25, 0.3) is 0 Å². The van der Waals surface area contributed by atoms with Crippen molar-refractivity contribution in [3.8, 4) is 0 Å². The summed E-state index contributed by atoms with van der Waals surface area (Å²) in [6, 6.07) is 1.77. The van der Waals surface area contributed by atoms with Gasteiger partial charge in [0.25, 0.3) is 5.91 Å². The second kappa shape index (κ2) is 3.91. The molecule has 0 aliphatic heterocycles. The number of nitrogens with zero attached hydrogens (tertiary/aromatic N) is 3. The van der Waals surface area contributed by atoms with Gasteiger partial charge in [-0.1, -0.05) is 6.92 Å². The maximum absolute atomic E-state index is 11.5. The van der Waals surface area contributed by atoms with Crippen LogP contribution in [-0.4, -0.2) is 31.3 Å². The molecule has 0 spiro atoms. The highest BCUT2D eigenvalue weighted by Gasteiger charge is 2.10. The van der Waals surface area contributed by atoms with E-state index < -0.39 is 0 Å². The molecule has 15 heavy (non-hydrogen) atoms. The number of hydrogen-bond acceptors (Lipinski definition) is 4. The van der Waals surface area contributed by atoms with Crippen LogP contribution in [-0.2, 0) is 6.42 Å². The summed E-state index contributed by atoms with van der Waals surface area (Å²) in [5, 5.41) is 15.3. The molecular weight excluding hydrogens is 196 g/mol. The fourth-order valence-corrected chi connectivity index (χ4v) is 1.10. The summed E-state index contributed by atoms with van der Waals surface area (Å²) in [4.78, 5) is 15.2. The van der Waals surface area contributed by atoms with Gasteiger partial charge in [-0.3, -0.25) is 15.0 Å². The molecule has 1 amide bonds. The Kier molecular flexibility index (Phi) is 2.44. The van der Waals surface area contributed by atoms with Crippen molar-refractivity contribution in [2.75, 3.05) is 5.32 Å². The molecule has 0 aromatic carbocycles. The number of aromatic amines is 2. The number of hydrogen-bond donors (Lipinski definition) is 3. The highest BCUT2D eigenvalue weighted by Crippen LogP contribution is 2.06. The van der Waals surface area contributed by atoms with E-state index in [-0.39, 0.29) is 11.7 Å². The third kappa shape index (κ3) is 2.01. The molecule has 2 rings (SSSR count). The lowest BCUT2D eigenvalue weighted by atomic mass is 10.3. The summed E-state index contributed by atoms with van der Waals surface area (Å²) >= 11 is 0. The normalized spacial score (nSPS) is 10.2. The predicted octanol–water partition coefficient (Wildman–Crippen LogP) is 0.342. The largest absolute Gasteiger partial charge is 0.302 e. The van der Waals surface area contributed by atoms with E-state index in [1.54, 1.807) is 6.07 Å². The summed E-state index contributed by atoms with van der Waals surface area (Å²) in [7, 11) is 0. The van der Waals surface area contributed by atoms with Gasteiger partial charge in [0.1, 0.15) is 6.33 Å². The van der Waals surface area contributed by atoms with Crippen molar-refractivity contribution in [2.45, 2.75) is 13.3 Å². The molecule has 0 bridgehead atoms. The van der Waals surface area contributed by atoms with Gasteiger partial charge in [0, 0.05) is 11.8 Å². The van der Waals surface area contributed by atoms with Crippen molar-refractivity contribution < 1.29 is 4.79 Å². The fraction of sp³-hybridized carbons (Fsp3) is 0.250. The summed E-state index contributed by atoms with van der Waals surface area (Å²) in [5.74, 6) is 0.283. The second-order valence-corrected chi connectivity index (χ2v) is 2.92. The maximum Gasteiger partial charge on any atom is 0.294 e. The van der Waals surface area contributed by atoms with Crippen LogP contribution in [0.15, 0.2) is 12.4 Å². The maximum atomic E-state index is 11.5. The summed E-state index contributed by atoms with van der Waals surface area (Å²) in [6.45, 7) is 2.00. The van der Waals surface area contributed by atoms with Crippen molar-refractivity contribution in [3.63, 3.8) is 0 Å². The Morgan fingerprint density at radius 2 is 2.40 bits per heavy atom. The second-order valence-electron chi connectivity index (χ2n) is 2.92. The number of anilines is 1. The highest BCUT2D eigenvalue weighted by molar-refractivity contribution is 6.00. The average Bonchev–Trinajstić information content (AvgIpc) is 2.87. The molecule has 0 radical (unpaired) electrons. The van der Waals surface area contributed by atoms with Gasteiger partial charge in [-0.05, 0) is 6.42 Å². The average molecular weight is 206 g/mol. The monoisotopic (exact) mass is 206 g/mol. The van der Waals surface area contributed by atoms with Crippen molar-refractivity contribution in [3.05, 3.63) is 23.9 Å². The first kappa shape index (κ1) is 9.38. The van der Waals surface area contributed by atoms with Gasteiger partial charge in [-0.25, -0.2) is 4.98 Å². The topological polar surface area (TPSA) is 99.3 Å². The standard InChI is InChI=1S/C8H10N6O/c1-2-5-3-6(13-12-5)11-8(15)7-9-4-10-14-7/h3-4H,2H2,1H3,(H,9,10,14)(H2,11,12,13,15). The molecule has 0 atom stereocenters. The Balaban J connectivity index is 2.06. The molecule has 0 aliphatic carbocycles. The van der Waals surface area contributed by atoms with Crippen molar-refractivity contribution in [2.24, 2.45) is 0 Å². The van der Waals surface area contributed by atoms with Crippen molar-refractivity contribution >= 4 is 11.7 Å². The molecule has 0 saturated carbocycles. The van der Waals surface area contributed by atoms with Crippen LogP contribution in [0.2, 0.25) is 0 Å². The van der Waals surface area contributed by atoms with Crippen LogP contribution in [0.5, 0.6) is 0 Å². The third-order valence-corrected chi connectivity index (χ3v) is 1.88. The van der Waals surface area contributed by atoms with Gasteiger partial charge < -0.3 is 5.32 Å². The molecule has 3 N–H and O–H groups in total. The number of amides is 1. The number of carbonyl (C=O) groups excluding carboxylic acids is 1. The van der Waals surface area contributed by atoms with E-state index in [4.69, 9.17) is 0 Å². The van der Waals surface area contributed by atoms with Crippen LogP contribution in [0.1, 0.15) is 23.2 Å². The van der Waals surface area contributed by atoms with Crippen LogP contribution in [0, 0.1) is 0 Å². The molecular formula is C8H10N6O. The van der Waals surface area contributed by atoms with E-state index in [1.807, 2.05) is 6.92 Å². The van der Waals surface area contributed by atoms with Gasteiger partial charge in [-0.15, -0.1) is 0 Å². The molecule has 2 heterocycles. The minimum absolute atomic E-state index is 0.163. The van der Waals surface area contributed by atoms with E-state index in [9.17, 15) is 4.79 Å². The Morgan fingerprint density at radius 1 is 1.53 bits per heavy atom. The van der Waals surface area contributed by atoms with Crippen LogP contribution in [0.3, 0.4) is 0 Å². The lowest BCUT2D eigenvalue weighted by Gasteiger charge is -1.95. The number of rotatable bonds is 3. The lowest BCUT2D eigenvalue weighted by Crippen LogP contribution is -2.13. The molecule has 0 unspecified atom stereocenters. The predicted molar refractivity (Wildman–Crippen MR) is 52.3 cm³/mol. The summed E-state index contributed by atoms with van der Waals surface area (Å²) in [5.41, 5.74) is 0.961. The molecule has 7 nitrogen and oxygen atoms in total. The quantitative estimate of drug-likeness (QED) is 0.674. The van der Waals surface area contributed by atoms with E-state index in [0.29, 0.717) is 5.82 Å². The van der Waals surface area contributed by atoms with Crippen LogP contribution >= 0.6 is 0 Å². The van der Waals surface area contributed by atoms with E-state index in [0.717, 1.165) is 12.1 Å². The van der Waals surface area contributed by atoms with Crippen LogP contribution < -0.4 is 5.32 Å². The molecule has 0 saturated heterocycles. The van der Waals surface area contributed by atoms with E-state index in [1.165, 1.54) is 6.33 Å². The van der Waals surface area contributed by atoms with Crippen molar-refractivity contribution in [1.82, 2.24) is 25.4 Å². The zero-order valence-corrected chi connectivity index (χ0v) is 8.11. The van der Waals surface area contributed by atoms with E-state index in [2.05, 4.69) is 30.7 Å². The molecule has 2 aromatic heterocycles. The van der Waals surface area contributed by atoms with Gasteiger partial charge in [-0.2, -0.15) is 10.2 Å². The summed E-state index contributed by atoms with van der Waals surface area (Å²) < 4.78 is 0. The van der Waals surface area contributed by atoms with Gasteiger partial charge >= 0.3 is 0 Å². The summed E-state index contributed by atoms with van der Waals surface area (Å²) in [6.07, 6.45) is 2.11. The van der Waals surface area contributed by atoms with E-state index >= 15 is 0 Å². The Bertz CT molecular complexity index is 445. The van der Waals surface area contributed by atoms with Gasteiger partial charge in [0.05, 0.1) is 0 Å². The van der Waals surface area contributed by atoms with Gasteiger partial charge in [0.15, 0.2) is 5.82 Å². The molecule has 78 valence electrons. The minimum Gasteiger partial charge on any atom is -0.302 e. The first-order chi connectivity index (χ1) is 7.29. The Morgan fingerprint density at radius 3 is 3.00 bits per heavy atom. The minimum atomic E-state index is -0.360. The number of H-pyrrole nitrogens is 2. The number of carbonyl (C=O) groups is 1. The van der Waals surface area contributed by atoms with Crippen LogP contribution in [0.4, 0.5) is 5.82 Å². The number of aryl methyl sites for hydroxylation is 1. The van der Waals surface area contributed by atoms with Gasteiger partial charge in [0.2, 0.25) is 5.82 Å². The smallest absolute Gasteiger partial charge is 0.294 e. The first-order valence-corrected chi connectivity index (χ1v) is 4.50. The fourth-order valence-electron chi connectivity index (χ4n) is 1.10. The molecule has 0 fully saturated rings. The zero-order valence-electron chi connectivity index (χ0n) is 8.11. The Hall–Kier alpha value is -2.18. The van der Waals surface area contributed by atoms with Crippen molar-refractivity contribution in [1.29, 1.82) is 0 Å². The Labute approximate surface area is 85.3 Å². The first-order valence-electron chi connectivity index (χ1n) is 4.50. The lowest BCUT2D eigenvalue weighted by molar-refractivity contribution is 0.101. The molecule has 2 aromatic rings. The molecule has 7 heteroatoms. The highest BCUT2D eigenvalue weighted by atomic mass is 16.2. The third-order valence-electron chi connectivity index (χ3n) is 1.88.